The van der Waals surface area contributed by atoms with Crippen molar-refractivity contribution in [3.05, 3.63) is 21.8 Å². The van der Waals surface area contributed by atoms with Gasteiger partial charge in [0.05, 0.1) is 15.1 Å². The molecule has 0 atom stereocenters. The van der Waals surface area contributed by atoms with E-state index in [1.165, 1.54) is 0 Å². The monoisotopic (exact) mass is 304 g/mol. The fraction of sp³-hybridized carbons (Fsp3) is 0.545. The van der Waals surface area contributed by atoms with Crippen molar-refractivity contribution in [1.29, 1.82) is 0 Å². The van der Waals surface area contributed by atoms with Crippen LogP contribution in [0.5, 0.6) is 0 Å². The molecule has 0 unspecified atom stereocenters. The summed E-state index contributed by atoms with van der Waals surface area (Å²) in [6.07, 6.45) is 3.18. The summed E-state index contributed by atoms with van der Waals surface area (Å²) >= 11 is 9.31. The van der Waals surface area contributed by atoms with E-state index in [-0.39, 0.29) is 0 Å². The maximum Gasteiger partial charge on any atom is 0.142 e. The summed E-state index contributed by atoms with van der Waals surface area (Å²) in [5.74, 6) is 0.903. The van der Waals surface area contributed by atoms with Gasteiger partial charge in [0.1, 0.15) is 5.82 Å². The first kappa shape index (κ1) is 12.1. The van der Waals surface area contributed by atoms with E-state index in [0.29, 0.717) is 5.02 Å². The molecule has 2 rings (SSSR count). The van der Waals surface area contributed by atoms with Crippen LogP contribution >= 0.6 is 27.5 Å². The number of pyridine rings is 1. The predicted octanol–water partition coefficient (Wildman–Crippen LogP) is 2.85. The molecule has 1 fully saturated rings. The number of piperidine rings is 1. The van der Waals surface area contributed by atoms with Crippen molar-refractivity contribution in [2.24, 2.45) is 0 Å². The van der Waals surface area contributed by atoms with Gasteiger partial charge in [0.15, 0.2) is 0 Å². The molecule has 0 bridgehead atoms. The highest BCUT2D eigenvalue weighted by Gasteiger charge is 2.28. The fourth-order valence-corrected chi connectivity index (χ4v) is 2.73. The van der Waals surface area contributed by atoms with Gasteiger partial charge in [-0.25, -0.2) is 4.98 Å². The van der Waals surface area contributed by atoms with E-state index >= 15 is 0 Å². The first-order valence-corrected chi connectivity index (χ1v) is 6.43. The molecule has 5 heteroatoms. The van der Waals surface area contributed by atoms with Crippen molar-refractivity contribution in [3.63, 3.8) is 0 Å². The Hall–Kier alpha value is -0.320. The second kappa shape index (κ2) is 4.51. The maximum absolute atomic E-state index is 9.87. The lowest BCUT2D eigenvalue weighted by molar-refractivity contribution is 0.0350. The molecule has 0 aromatic carbocycles. The molecule has 0 spiro atoms. The van der Waals surface area contributed by atoms with Crippen LogP contribution in [-0.4, -0.2) is 28.8 Å². The van der Waals surface area contributed by atoms with Gasteiger partial charge in [-0.2, -0.15) is 0 Å². The molecule has 16 heavy (non-hydrogen) atoms. The Balaban J connectivity index is 2.14. The summed E-state index contributed by atoms with van der Waals surface area (Å²) in [6, 6.07) is 1.84. The van der Waals surface area contributed by atoms with Crippen LogP contribution in [-0.2, 0) is 0 Å². The number of hydrogen-bond acceptors (Lipinski definition) is 3. The molecular formula is C11H14BrClN2O. The summed E-state index contributed by atoms with van der Waals surface area (Å²) in [5, 5.41) is 10.5. The van der Waals surface area contributed by atoms with Crippen molar-refractivity contribution in [2.75, 3.05) is 18.0 Å². The van der Waals surface area contributed by atoms with E-state index in [1.54, 1.807) is 6.20 Å². The third kappa shape index (κ3) is 2.67. The Labute approximate surface area is 109 Å². The number of aromatic nitrogens is 1. The molecule has 1 aliphatic heterocycles. The van der Waals surface area contributed by atoms with Gasteiger partial charge in [-0.15, -0.1) is 0 Å². The molecule has 1 aromatic heterocycles. The Bertz CT molecular complexity index is 388. The molecule has 1 aromatic rings. The van der Waals surface area contributed by atoms with E-state index in [9.17, 15) is 5.11 Å². The van der Waals surface area contributed by atoms with Crippen LogP contribution in [0.4, 0.5) is 5.82 Å². The molecule has 0 amide bonds. The number of hydrogen-bond donors (Lipinski definition) is 1. The average Bonchev–Trinajstić information content (AvgIpc) is 2.19. The predicted molar refractivity (Wildman–Crippen MR) is 69.0 cm³/mol. The van der Waals surface area contributed by atoms with Gasteiger partial charge >= 0.3 is 0 Å². The minimum absolute atomic E-state index is 0.532. The third-order valence-electron chi connectivity index (χ3n) is 2.93. The van der Waals surface area contributed by atoms with Gasteiger partial charge in [-0.05, 0) is 41.8 Å². The number of nitrogens with zero attached hydrogens (tertiary/aromatic N) is 2. The number of anilines is 1. The first-order valence-electron chi connectivity index (χ1n) is 5.26. The van der Waals surface area contributed by atoms with Crippen molar-refractivity contribution in [3.8, 4) is 0 Å². The van der Waals surface area contributed by atoms with Gasteiger partial charge in [0.2, 0.25) is 0 Å². The molecule has 2 heterocycles. The Kier molecular flexibility index (Phi) is 3.42. The number of halogens is 2. The van der Waals surface area contributed by atoms with Gasteiger partial charge in [-0.3, -0.25) is 0 Å². The van der Waals surface area contributed by atoms with Crippen LogP contribution in [0.25, 0.3) is 0 Å². The van der Waals surface area contributed by atoms with Crippen molar-refractivity contribution < 1.29 is 5.11 Å². The molecule has 0 saturated carbocycles. The van der Waals surface area contributed by atoms with Gasteiger partial charge in [-0.1, -0.05) is 11.6 Å². The molecule has 1 aliphatic rings. The molecule has 0 aliphatic carbocycles. The highest BCUT2D eigenvalue weighted by Crippen LogP contribution is 2.30. The van der Waals surface area contributed by atoms with Crippen LogP contribution < -0.4 is 4.90 Å². The van der Waals surface area contributed by atoms with E-state index in [0.717, 1.165) is 36.2 Å². The lowest BCUT2D eigenvalue weighted by Crippen LogP contribution is -2.42. The SMILES string of the molecule is CC1(O)CCN(c2ncc(Cl)cc2Br)CC1. The number of rotatable bonds is 1. The van der Waals surface area contributed by atoms with Crippen LogP contribution in [0.15, 0.2) is 16.7 Å². The first-order chi connectivity index (χ1) is 7.48. The smallest absolute Gasteiger partial charge is 0.142 e. The zero-order chi connectivity index (χ0) is 11.8. The lowest BCUT2D eigenvalue weighted by Gasteiger charge is -2.36. The summed E-state index contributed by atoms with van der Waals surface area (Å²) in [7, 11) is 0. The second-order valence-corrected chi connectivity index (χ2v) is 5.73. The normalized spacial score (nSPS) is 19.9. The largest absolute Gasteiger partial charge is 0.390 e. The quantitative estimate of drug-likeness (QED) is 0.867. The maximum atomic E-state index is 9.87. The Morgan fingerprint density at radius 3 is 2.69 bits per heavy atom. The second-order valence-electron chi connectivity index (χ2n) is 4.44. The van der Waals surface area contributed by atoms with Gasteiger partial charge < -0.3 is 10.0 Å². The highest BCUT2D eigenvalue weighted by atomic mass is 79.9. The van der Waals surface area contributed by atoms with Crippen molar-refractivity contribution in [1.82, 2.24) is 4.98 Å². The summed E-state index contributed by atoms with van der Waals surface area (Å²) < 4.78 is 0.904. The zero-order valence-electron chi connectivity index (χ0n) is 9.08. The van der Waals surface area contributed by atoms with E-state index in [4.69, 9.17) is 11.6 Å². The Morgan fingerprint density at radius 1 is 1.50 bits per heavy atom. The standard InChI is InChI=1S/C11H14BrClN2O/c1-11(16)2-4-15(5-3-11)10-9(12)6-8(13)7-14-10/h6-7,16H,2-5H2,1H3. The zero-order valence-corrected chi connectivity index (χ0v) is 11.4. The molecule has 1 saturated heterocycles. The third-order valence-corrected chi connectivity index (χ3v) is 3.72. The molecule has 0 radical (unpaired) electrons. The minimum Gasteiger partial charge on any atom is -0.390 e. The van der Waals surface area contributed by atoms with E-state index in [1.807, 2.05) is 13.0 Å². The van der Waals surface area contributed by atoms with Crippen LogP contribution in [0, 0.1) is 0 Å². The highest BCUT2D eigenvalue weighted by molar-refractivity contribution is 9.10. The van der Waals surface area contributed by atoms with E-state index in [2.05, 4.69) is 25.8 Å². The Morgan fingerprint density at radius 2 is 2.12 bits per heavy atom. The summed E-state index contributed by atoms with van der Waals surface area (Å²) in [5.41, 5.74) is -0.532. The topological polar surface area (TPSA) is 36.4 Å². The average molecular weight is 306 g/mol. The van der Waals surface area contributed by atoms with Crippen LogP contribution in [0.3, 0.4) is 0 Å². The molecular weight excluding hydrogens is 291 g/mol. The number of aliphatic hydroxyl groups is 1. The lowest BCUT2D eigenvalue weighted by atomic mass is 9.94. The van der Waals surface area contributed by atoms with E-state index < -0.39 is 5.60 Å². The van der Waals surface area contributed by atoms with Crippen molar-refractivity contribution in [2.45, 2.75) is 25.4 Å². The molecule has 88 valence electrons. The van der Waals surface area contributed by atoms with Crippen LogP contribution in [0.1, 0.15) is 19.8 Å². The molecule has 3 nitrogen and oxygen atoms in total. The van der Waals surface area contributed by atoms with Gasteiger partial charge in [0.25, 0.3) is 0 Å². The molecule has 1 N–H and O–H groups in total. The van der Waals surface area contributed by atoms with Crippen molar-refractivity contribution >= 4 is 33.3 Å². The minimum atomic E-state index is -0.532. The van der Waals surface area contributed by atoms with Crippen LogP contribution in [0.2, 0.25) is 5.02 Å². The van der Waals surface area contributed by atoms with Gasteiger partial charge in [0, 0.05) is 19.3 Å². The summed E-state index contributed by atoms with van der Waals surface area (Å²) in [4.78, 5) is 6.48. The fourth-order valence-electron chi connectivity index (χ4n) is 1.84. The summed E-state index contributed by atoms with van der Waals surface area (Å²) in [6.45, 7) is 3.52.